The highest BCUT2D eigenvalue weighted by atomic mass is 32.1. The molecule has 33 heavy (non-hydrogen) atoms. The third-order valence-electron chi connectivity index (χ3n) is 5.67. The first-order valence-electron chi connectivity index (χ1n) is 10.6. The fraction of sp³-hybridized carbons (Fsp3) is 0.348. The quantitative estimate of drug-likeness (QED) is 0.449. The summed E-state index contributed by atoms with van der Waals surface area (Å²) in [5, 5.41) is 2.99. The van der Waals surface area contributed by atoms with Crippen molar-refractivity contribution in [3.8, 4) is 0 Å². The van der Waals surface area contributed by atoms with Gasteiger partial charge >= 0.3 is 5.97 Å². The minimum Gasteiger partial charge on any atom is -0.456 e. The number of anilines is 1. The molecule has 4 rings (SSSR count). The summed E-state index contributed by atoms with van der Waals surface area (Å²) in [6.07, 6.45) is 2.71. The number of primary amides is 1. The zero-order valence-electron chi connectivity index (χ0n) is 18.1. The number of thiophene rings is 1. The van der Waals surface area contributed by atoms with Gasteiger partial charge in [-0.25, -0.2) is 0 Å². The molecule has 172 valence electrons. The van der Waals surface area contributed by atoms with Crippen LogP contribution in [0.2, 0.25) is 0 Å². The predicted molar refractivity (Wildman–Crippen MR) is 120 cm³/mol. The Labute approximate surface area is 193 Å². The van der Waals surface area contributed by atoms with E-state index in [9.17, 15) is 24.0 Å². The molecule has 1 aromatic heterocycles. The molecule has 0 atom stereocenters. The second-order valence-electron chi connectivity index (χ2n) is 8.05. The molecule has 0 radical (unpaired) electrons. The van der Waals surface area contributed by atoms with Crippen molar-refractivity contribution in [3.05, 3.63) is 50.9 Å². The molecule has 1 aromatic carbocycles. The van der Waals surface area contributed by atoms with Crippen LogP contribution in [-0.2, 0) is 27.2 Å². The average Bonchev–Trinajstić information content (AvgIpc) is 3.40. The lowest BCUT2D eigenvalue weighted by molar-refractivity contribution is -0.147. The monoisotopic (exact) mass is 469 g/mol. The topological polar surface area (TPSA) is 136 Å². The Hall–Kier alpha value is -3.53. The van der Waals surface area contributed by atoms with Crippen LogP contribution in [0, 0.1) is 6.92 Å². The predicted octanol–water partition coefficient (Wildman–Crippen LogP) is 2.20. The molecule has 1 aliphatic carbocycles. The van der Waals surface area contributed by atoms with E-state index in [2.05, 4.69) is 5.32 Å². The molecule has 0 saturated heterocycles. The van der Waals surface area contributed by atoms with Gasteiger partial charge in [-0.1, -0.05) is 11.6 Å². The molecule has 1 aliphatic heterocycles. The maximum absolute atomic E-state index is 12.5. The number of rotatable bonds is 8. The number of hydrogen-bond acceptors (Lipinski definition) is 7. The fourth-order valence-corrected chi connectivity index (χ4v) is 5.43. The van der Waals surface area contributed by atoms with E-state index in [0.29, 0.717) is 21.7 Å². The number of nitrogens with zero attached hydrogens (tertiary/aromatic N) is 1. The Bertz CT molecular complexity index is 1190. The van der Waals surface area contributed by atoms with Gasteiger partial charge in [0.05, 0.1) is 16.7 Å². The number of nitrogens with one attached hydrogen (secondary N) is 1. The van der Waals surface area contributed by atoms with Gasteiger partial charge in [0, 0.05) is 17.8 Å². The molecule has 9 nitrogen and oxygen atoms in total. The number of benzene rings is 1. The average molecular weight is 470 g/mol. The summed E-state index contributed by atoms with van der Waals surface area (Å²) >= 11 is 1.32. The van der Waals surface area contributed by atoms with Crippen LogP contribution in [0.3, 0.4) is 0 Å². The summed E-state index contributed by atoms with van der Waals surface area (Å²) in [5.41, 5.74) is 8.31. The summed E-state index contributed by atoms with van der Waals surface area (Å²) < 4.78 is 5.00. The van der Waals surface area contributed by atoms with E-state index in [0.717, 1.165) is 40.2 Å². The summed E-state index contributed by atoms with van der Waals surface area (Å²) in [5.74, 6) is -2.54. The van der Waals surface area contributed by atoms with Gasteiger partial charge in [-0.3, -0.25) is 28.9 Å². The highest BCUT2D eigenvalue weighted by Crippen LogP contribution is 2.38. The van der Waals surface area contributed by atoms with Crippen molar-refractivity contribution in [2.24, 2.45) is 5.73 Å². The van der Waals surface area contributed by atoms with Crippen LogP contribution >= 0.6 is 11.3 Å². The SMILES string of the molecule is Cc1ccc2c(c1)C(=O)N(CCCC(=O)OCC(=O)Nc1sc3c(c1C(N)=O)CCC3)C2=O. The normalized spacial score (nSPS) is 14.3. The number of imide groups is 1. The number of esters is 1. The van der Waals surface area contributed by atoms with E-state index in [-0.39, 0.29) is 31.2 Å². The van der Waals surface area contributed by atoms with Crippen LogP contribution in [0.5, 0.6) is 0 Å². The van der Waals surface area contributed by atoms with Crippen molar-refractivity contribution >= 4 is 45.9 Å². The molecule has 10 heteroatoms. The lowest BCUT2D eigenvalue weighted by atomic mass is 10.1. The molecule has 2 heterocycles. The second kappa shape index (κ2) is 9.14. The second-order valence-corrected chi connectivity index (χ2v) is 9.15. The summed E-state index contributed by atoms with van der Waals surface area (Å²) in [6.45, 7) is 1.41. The smallest absolute Gasteiger partial charge is 0.306 e. The van der Waals surface area contributed by atoms with Gasteiger partial charge < -0.3 is 15.8 Å². The standard InChI is InChI=1S/C23H23N3O6S/c1-12-7-8-13-15(10-12)23(31)26(22(13)30)9-3-6-18(28)32-11-17(27)25-21-19(20(24)29)14-4-2-5-16(14)33-21/h7-8,10H,2-6,9,11H2,1H3,(H2,24,29)(H,25,27). The van der Waals surface area contributed by atoms with E-state index in [1.54, 1.807) is 18.2 Å². The largest absolute Gasteiger partial charge is 0.456 e. The van der Waals surface area contributed by atoms with Gasteiger partial charge in [-0.2, -0.15) is 0 Å². The van der Waals surface area contributed by atoms with E-state index < -0.39 is 24.4 Å². The van der Waals surface area contributed by atoms with Crippen molar-refractivity contribution in [2.75, 3.05) is 18.5 Å². The zero-order valence-corrected chi connectivity index (χ0v) is 18.9. The lowest BCUT2D eigenvalue weighted by Gasteiger charge is -2.13. The molecule has 0 spiro atoms. The van der Waals surface area contributed by atoms with Crippen LogP contribution in [0.1, 0.15) is 66.3 Å². The fourth-order valence-electron chi connectivity index (χ4n) is 4.12. The Morgan fingerprint density at radius 2 is 1.91 bits per heavy atom. The number of hydrogen-bond donors (Lipinski definition) is 2. The third kappa shape index (κ3) is 4.51. The minimum atomic E-state index is -0.624. The van der Waals surface area contributed by atoms with E-state index >= 15 is 0 Å². The third-order valence-corrected chi connectivity index (χ3v) is 6.88. The Morgan fingerprint density at radius 1 is 1.15 bits per heavy atom. The van der Waals surface area contributed by atoms with Crippen LogP contribution in [0.25, 0.3) is 0 Å². The Kier molecular flexibility index (Phi) is 6.28. The molecule has 0 saturated carbocycles. The van der Waals surface area contributed by atoms with Gasteiger partial charge in [-0.15, -0.1) is 11.3 Å². The van der Waals surface area contributed by atoms with E-state index in [1.807, 2.05) is 6.92 Å². The minimum absolute atomic E-state index is 0.0560. The van der Waals surface area contributed by atoms with Crippen LogP contribution in [0.15, 0.2) is 18.2 Å². The molecule has 2 aromatic rings. The molecule has 0 fully saturated rings. The number of carbonyl (C=O) groups excluding carboxylic acids is 5. The highest BCUT2D eigenvalue weighted by molar-refractivity contribution is 7.17. The number of amides is 4. The van der Waals surface area contributed by atoms with Crippen LogP contribution in [0.4, 0.5) is 5.00 Å². The van der Waals surface area contributed by atoms with Crippen molar-refractivity contribution in [1.29, 1.82) is 0 Å². The Balaban J connectivity index is 1.24. The molecular weight excluding hydrogens is 446 g/mol. The number of aryl methyl sites for hydroxylation is 2. The number of ether oxygens (including phenoxy) is 1. The molecular formula is C23H23N3O6S. The summed E-state index contributed by atoms with van der Waals surface area (Å²) in [7, 11) is 0. The van der Waals surface area contributed by atoms with Gasteiger partial charge in [0.2, 0.25) is 0 Å². The lowest BCUT2D eigenvalue weighted by Crippen LogP contribution is -2.31. The first kappa shape index (κ1) is 22.7. The number of carbonyl (C=O) groups is 5. The van der Waals surface area contributed by atoms with Gasteiger partial charge in [0.1, 0.15) is 5.00 Å². The molecule has 2 aliphatic rings. The molecule has 4 amide bonds. The van der Waals surface area contributed by atoms with Crippen LogP contribution in [-0.4, -0.2) is 47.6 Å². The number of fused-ring (bicyclic) bond motifs is 2. The summed E-state index contributed by atoms with van der Waals surface area (Å²) in [6, 6.07) is 5.07. The van der Waals surface area contributed by atoms with Crippen molar-refractivity contribution in [1.82, 2.24) is 4.90 Å². The van der Waals surface area contributed by atoms with Crippen molar-refractivity contribution in [2.45, 2.75) is 39.0 Å². The molecule has 0 bridgehead atoms. The molecule has 0 unspecified atom stereocenters. The first-order chi connectivity index (χ1) is 15.8. The summed E-state index contributed by atoms with van der Waals surface area (Å²) in [4.78, 5) is 63.1. The Morgan fingerprint density at radius 3 is 2.67 bits per heavy atom. The van der Waals surface area contributed by atoms with Crippen molar-refractivity contribution < 1.29 is 28.7 Å². The van der Waals surface area contributed by atoms with E-state index in [4.69, 9.17) is 10.5 Å². The van der Waals surface area contributed by atoms with Crippen LogP contribution < -0.4 is 11.1 Å². The van der Waals surface area contributed by atoms with E-state index in [1.165, 1.54) is 11.3 Å². The van der Waals surface area contributed by atoms with Gasteiger partial charge in [0.15, 0.2) is 6.61 Å². The maximum atomic E-state index is 12.5. The zero-order chi connectivity index (χ0) is 23.7. The molecule has 3 N–H and O–H groups in total. The van der Waals surface area contributed by atoms with Gasteiger partial charge in [-0.05, 0) is 50.3 Å². The van der Waals surface area contributed by atoms with Gasteiger partial charge in [0.25, 0.3) is 23.6 Å². The first-order valence-corrected chi connectivity index (χ1v) is 11.4. The maximum Gasteiger partial charge on any atom is 0.306 e. The van der Waals surface area contributed by atoms with Crippen molar-refractivity contribution in [3.63, 3.8) is 0 Å². The number of nitrogens with two attached hydrogens (primary N) is 1. The highest BCUT2D eigenvalue weighted by Gasteiger charge is 2.35.